The summed E-state index contributed by atoms with van der Waals surface area (Å²) in [5.74, 6) is 1.16. The molecule has 1 aromatic rings. The van der Waals surface area contributed by atoms with Crippen molar-refractivity contribution >= 4 is 27.5 Å². The highest BCUT2D eigenvalue weighted by Crippen LogP contribution is 2.24. The van der Waals surface area contributed by atoms with Crippen molar-refractivity contribution in [3.63, 3.8) is 0 Å². The molecule has 1 saturated carbocycles. The Hall–Kier alpha value is -0.720. The molecule has 1 fully saturated rings. The first kappa shape index (κ1) is 16.6. The summed E-state index contributed by atoms with van der Waals surface area (Å²) in [5, 5.41) is 0. The Bertz CT molecular complexity index is 543. The van der Waals surface area contributed by atoms with Crippen molar-refractivity contribution in [3.05, 3.63) is 24.3 Å². The van der Waals surface area contributed by atoms with Crippen molar-refractivity contribution in [1.29, 1.82) is 0 Å². The molecular formula is C15H24N2O2S2. The summed E-state index contributed by atoms with van der Waals surface area (Å²) in [6.07, 6.45) is 4.42. The zero-order chi connectivity index (χ0) is 15.3. The molecule has 3 N–H and O–H groups in total. The molecule has 0 radical (unpaired) electrons. The number of sulfonamides is 1. The van der Waals surface area contributed by atoms with E-state index in [9.17, 15) is 8.42 Å². The van der Waals surface area contributed by atoms with Gasteiger partial charge in [0.25, 0.3) is 0 Å². The maximum absolute atomic E-state index is 12.1. The normalized spacial score (nSPS) is 23.1. The third kappa shape index (κ3) is 5.52. The minimum absolute atomic E-state index is 0.116. The molecule has 0 bridgehead atoms. The molecule has 21 heavy (non-hydrogen) atoms. The number of anilines is 1. The minimum Gasteiger partial charge on any atom is -0.399 e. The number of nitrogen functional groups attached to an aromatic ring is 1. The highest BCUT2D eigenvalue weighted by Gasteiger charge is 2.25. The third-order valence-corrected chi connectivity index (χ3v) is 6.62. The van der Waals surface area contributed by atoms with Crippen LogP contribution < -0.4 is 10.5 Å². The Morgan fingerprint density at radius 3 is 2.57 bits per heavy atom. The predicted molar refractivity (Wildman–Crippen MR) is 89.9 cm³/mol. The molecule has 0 saturated heterocycles. The molecule has 1 aliphatic rings. The zero-order valence-corrected chi connectivity index (χ0v) is 14.1. The summed E-state index contributed by atoms with van der Waals surface area (Å²) < 4.78 is 27.2. The summed E-state index contributed by atoms with van der Waals surface area (Å²) in [4.78, 5) is 1.05. The molecule has 4 nitrogen and oxygen atoms in total. The number of thioether (sulfide) groups is 1. The van der Waals surface area contributed by atoms with Crippen LogP contribution in [0.3, 0.4) is 0 Å². The Morgan fingerprint density at radius 1 is 1.24 bits per heavy atom. The largest absolute Gasteiger partial charge is 0.399 e. The lowest BCUT2D eigenvalue weighted by molar-refractivity contribution is 0.310. The fourth-order valence-corrected chi connectivity index (χ4v) is 5.32. The van der Waals surface area contributed by atoms with Gasteiger partial charge in [-0.25, -0.2) is 13.1 Å². The van der Waals surface area contributed by atoms with Crippen LogP contribution in [0.5, 0.6) is 0 Å². The van der Waals surface area contributed by atoms with Crippen molar-refractivity contribution in [3.8, 4) is 0 Å². The second kappa shape index (κ2) is 7.51. The number of hydrogen-bond acceptors (Lipinski definition) is 4. The molecule has 6 heteroatoms. The summed E-state index contributed by atoms with van der Waals surface area (Å²) in [7, 11) is -3.19. The highest BCUT2D eigenvalue weighted by atomic mass is 32.2. The second-order valence-electron chi connectivity index (χ2n) is 5.72. The molecule has 1 aliphatic carbocycles. The van der Waals surface area contributed by atoms with E-state index in [2.05, 4.69) is 11.6 Å². The Labute approximate surface area is 131 Å². The minimum atomic E-state index is -3.19. The van der Waals surface area contributed by atoms with Crippen LogP contribution in [-0.2, 0) is 10.0 Å². The van der Waals surface area contributed by atoms with E-state index in [-0.39, 0.29) is 11.8 Å². The first-order chi connectivity index (χ1) is 9.96. The molecule has 0 amide bonds. The number of hydrogen-bond donors (Lipinski definition) is 2. The van der Waals surface area contributed by atoms with Crippen LogP contribution in [0.2, 0.25) is 0 Å². The molecule has 0 heterocycles. The maximum atomic E-state index is 12.1. The van der Waals surface area contributed by atoms with Gasteiger partial charge in [-0.1, -0.05) is 19.8 Å². The zero-order valence-electron chi connectivity index (χ0n) is 12.4. The van der Waals surface area contributed by atoms with Gasteiger partial charge in [-0.15, -0.1) is 11.8 Å². The van der Waals surface area contributed by atoms with Crippen LogP contribution in [0.1, 0.15) is 32.6 Å². The molecule has 2 atom stereocenters. The molecule has 118 valence electrons. The van der Waals surface area contributed by atoms with Crippen LogP contribution in [-0.4, -0.2) is 26.0 Å². The number of benzene rings is 1. The lowest BCUT2D eigenvalue weighted by Gasteiger charge is -2.29. The van der Waals surface area contributed by atoms with E-state index in [0.717, 1.165) is 29.8 Å². The van der Waals surface area contributed by atoms with E-state index < -0.39 is 10.0 Å². The second-order valence-corrected chi connectivity index (χ2v) is 8.76. The van der Waals surface area contributed by atoms with Crippen LogP contribution in [0, 0.1) is 5.92 Å². The summed E-state index contributed by atoms with van der Waals surface area (Å²) in [5.41, 5.74) is 6.35. The summed E-state index contributed by atoms with van der Waals surface area (Å²) in [6.45, 7) is 2.13. The maximum Gasteiger partial charge on any atom is 0.212 e. The summed E-state index contributed by atoms with van der Waals surface area (Å²) in [6, 6.07) is 7.62. The predicted octanol–water partition coefficient (Wildman–Crippen LogP) is 2.86. The Kier molecular flexibility index (Phi) is 5.96. The van der Waals surface area contributed by atoms with Crippen molar-refractivity contribution < 1.29 is 8.42 Å². The molecule has 0 aromatic heterocycles. The molecular weight excluding hydrogens is 304 g/mol. The molecule has 0 aliphatic heterocycles. The van der Waals surface area contributed by atoms with Gasteiger partial charge in [0, 0.05) is 22.4 Å². The van der Waals surface area contributed by atoms with Gasteiger partial charge in [0.1, 0.15) is 0 Å². The molecule has 2 rings (SSSR count). The smallest absolute Gasteiger partial charge is 0.212 e. The molecule has 1 aromatic carbocycles. The Balaban J connectivity index is 1.79. The van der Waals surface area contributed by atoms with Gasteiger partial charge in [0.2, 0.25) is 10.0 Å². The van der Waals surface area contributed by atoms with Gasteiger partial charge in [0.15, 0.2) is 0 Å². The van der Waals surface area contributed by atoms with E-state index in [1.54, 1.807) is 11.8 Å². The standard InChI is InChI=1S/C15H24N2O2S2/c1-12-4-2-3-5-15(12)17-21(18,19)11-10-20-14-8-6-13(16)7-9-14/h6-9,12,15,17H,2-5,10-11,16H2,1H3. The fourth-order valence-electron chi connectivity index (χ4n) is 2.61. The monoisotopic (exact) mass is 328 g/mol. The van der Waals surface area contributed by atoms with E-state index in [1.165, 1.54) is 6.42 Å². The van der Waals surface area contributed by atoms with Gasteiger partial charge < -0.3 is 5.73 Å². The van der Waals surface area contributed by atoms with Gasteiger partial charge in [-0.05, 0) is 43.0 Å². The Morgan fingerprint density at radius 2 is 1.90 bits per heavy atom. The van der Waals surface area contributed by atoms with Crippen molar-refractivity contribution in [2.24, 2.45) is 5.92 Å². The van der Waals surface area contributed by atoms with E-state index in [0.29, 0.717) is 11.7 Å². The number of rotatable bonds is 6. The number of nitrogens with two attached hydrogens (primary N) is 1. The number of nitrogens with one attached hydrogen (secondary N) is 1. The van der Waals surface area contributed by atoms with E-state index >= 15 is 0 Å². The van der Waals surface area contributed by atoms with Gasteiger partial charge in [0.05, 0.1) is 5.75 Å². The van der Waals surface area contributed by atoms with Gasteiger partial charge in [-0.2, -0.15) is 0 Å². The lowest BCUT2D eigenvalue weighted by atomic mass is 9.87. The first-order valence-electron chi connectivity index (χ1n) is 7.44. The van der Waals surface area contributed by atoms with Gasteiger partial charge >= 0.3 is 0 Å². The lowest BCUT2D eigenvalue weighted by Crippen LogP contribution is -2.42. The van der Waals surface area contributed by atoms with Gasteiger partial charge in [-0.3, -0.25) is 0 Å². The molecule has 0 spiro atoms. The topological polar surface area (TPSA) is 72.2 Å². The van der Waals surface area contributed by atoms with Crippen molar-refractivity contribution in [2.45, 2.75) is 43.5 Å². The molecule has 2 unspecified atom stereocenters. The average molecular weight is 329 g/mol. The third-order valence-electron chi connectivity index (χ3n) is 3.94. The van der Waals surface area contributed by atoms with E-state index in [4.69, 9.17) is 5.73 Å². The fraction of sp³-hybridized carbons (Fsp3) is 0.600. The first-order valence-corrected chi connectivity index (χ1v) is 10.1. The summed E-state index contributed by atoms with van der Waals surface area (Å²) >= 11 is 1.54. The van der Waals surface area contributed by atoms with Crippen LogP contribution >= 0.6 is 11.8 Å². The van der Waals surface area contributed by atoms with Crippen LogP contribution in [0.15, 0.2) is 29.2 Å². The van der Waals surface area contributed by atoms with Crippen molar-refractivity contribution in [1.82, 2.24) is 4.72 Å². The SMILES string of the molecule is CC1CCCCC1NS(=O)(=O)CCSc1ccc(N)cc1. The van der Waals surface area contributed by atoms with Crippen molar-refractivity contribution in [2.75, 3.05) is 17.2 Å². The van der Waals surface area contributed by atoms with Crippen LogP contribution in [0.25, 0.3) is 0 Å². The highest BCUT2D eigenvalue weighted by molar-refractivity contribution is 8.00. The quantitative estimate of drug-likeness (QED) is 0.622. The van der Waals surface area contributed by atoms with E-state index in [1.807, 2.05) is 24.3 Å². The van der Waals surface area contributed by atoms with Crippen LogP contribution in [0.4, 0.5) is 5.69 Å². The average Bonchev–Trinajstić information content (AvgIpc) is 2.43.